The van der Waals surface area contributed by atoms with E-state index in [1.807, 2.05) is 0 Å². The van der Waals surface area contributed by atoms with E-state index in [0.29, 0.717) is 0 Å². The standard InChI is InChI=1S/C7H13/c1-3-7-5-4-6(7)2/h6-7H,1,3-5H2,2H3/q+1. The number of hydrogen-bond acceptors (Lipinski definition) is 0. The zero-order valence-electron chi connectivity index (χ0n) is 4.98. The molecule has 0 bridgehead atoms. The Morgan fingerprint density at radius 3 is 2.29 bits per heavy atom. The molecule has 0 spiro atoms. The van der Waals surface area contributed by atoms with Gasteiger partial charge in [-0.3, -0.25) is 0 Å². The van der Waals surface area contributed by atoms with Gasteiger partial charge in [-0.2, -0.15) is 0 Å². The molecule has 0 amide bonds. The van der Waals surface area contributed by atoms with Gasteiger partial charge < -0.3 is 0 Å². The number of hydrogen-bond donors (Lipinski definition) is 0. The second-order valence-electron chi connectivity index (χ2n) is 2.60. The molecule has 2 atom stereocenters. The molecule has 7 heavy (non-hydrogen) atoms. The fourth-order valence-electron chi connectivity index (χ4n) is 1.16. The molecule has 0 radical (unpaired) electrons. The summed E-state index contributed by atoms with van der Waals surface area (Å²) in [5.41, 5.74) is 0. The third-order valence-corrected chi connectivity index (χ3v) is 2.17. The SMILES string of the molecule is [CH2+]CC1CCC1C. The molecule has 0 nitrogen and oxygen atoms in total. The maximum Gasteiger partial charge on any atom is 0.0881 e. The van der Waals surface area contributed by atoms with Crippen molar-refractivity contribution in [2.45, 2.75) is 26.2 Å². The third-order valence-electron chi connectivity index (χ3n) is 2.17. The van der Waals surface area contributed by atoms with Gasteiger partial charge in [0.15, 0.2) is 0 Å². The van der Waals surface area contributed by atoms with E-state index in [4.69, 9.17) is 0 Å². The first-order chi connectivity index (χ1) is 3.34. The van der Waals surface area contributed by atoms with Crippen molar-refractivity contribution in [1.82, 2.24) is 0 Å². The molecule has 1 aliphatic carbocycles. The molecule has 0 heteroatoms. The van der Waals surface area contributed by atoms with Gasteiger partial charge in [0.05, 0.1) is 13.3 Å². The van der Waals surface area contributed by atoms with Crippen LogP contribution < -0.4 is 0 Å². The molecule has 0 aliphatic heterocycles. The van der Waals surface area contributed by atoms with E-state index in [1.165, 1.54) is 12.8 Å². The highest BCUT2D eigenvalue weighted by Gasteiger charge is 2.26. The minimum absolute atomic E-state index is 0.972. The van der Waals surface area contributed by atoms with Crippen LogP contribution in [0.2, 0.25) is 0 Å². The average molecular weight is 97.2 g/mol. The lowest BCUT2D eigenvalue weighted by molar-refractivity contribution is 0.198. The van der Waals surface area contributed by atoms with Crippen molar-refractivity contribution in [3.05, 3.63) is 6.92 Å². The molecule has 0 heterocycles. The highest BCUT2D eigenvalue weighted by Crippen LogP contribution is 2.35. The highest BCUT2D eigenvalue weighted by molar-refractivity contribution is 4.77. The molecule has 0 N–H and O–H groups in total. The van der Waals surface area contributed by atoms with Gasteiger partial charge in [-0.15, -0.1) is 0 Å². The summed E-state index contributed by atoms with van der Waals surface area (Å²) in [5, 5.41) is 0. The zero-order chi connectivity index (χ0) is 5.28. The molecule has 2 unspecified atom stereocenters. The monoisotopic (exact) mass is 97.1 g/mol. The lowest BCUT2D eigenvalue weighted by Crippen LogP contribution is -2.21. The molecular weight excluding hydrogens is 84.1 g/mol. The largest absolute Gasteiger partial charge is 0.0881 e. The predicted octanol–water partition coefficient (Wildman–Crippen LogP) is 2.26. The van der Waals surface area contributed by atoms with Gasteiger partial charge in [-0.25, -0.2) is 0 Å². The van der Waals surface area contributed by atoms with E-state index in [1.54, 1.807) is 0 Å². The van der Waals surface area contributed by atoms with E-state index < -0.39 is 0 Å². The summed E-state index contributed by atoms with van der Waals surface area (Å²) >= 11 is 0. The Hall–Kier alpha value is -0.130. The van der Waals surface area contributed by atoms with Gasteiger partial charge in [-0.05, 0) is 18.8 Å². The minimum Gasteiger partial charge on any atom is -0.0621 e. The molecular formula is C7H13+. The summed E-state index contributed by atoms with van der Waals surface area (Å²) in [6.45, 7) is 6.18. The van der Waals surface area contributed by atoms with Crippen LogP contribution in [0.4, 0.5) is 0 Å². The van der Waals surface area contributed by atoms with Crippen LogP contribution in [0.3, 0.4) is 0 Å². The molecule has 1 fully saturated rings. The van der Waals surface area contributed by atoms with Gasteiger partial charge in [0.2, 0.25) is 0 Å². The molecule has 0 saturated heterocycles. The Bertz CT molecular complexity index is 55.1. The van der Waals surface area contributed by atoms with Gasteiger partial charge in [0.1, 0.15) is 0 Å². The Morgan fingerprint density at radius 1 is 1.57 bits per heavy atom. The average Bonchev–Trinajstić information content (AvgIpc) is 1.65. The van der Waals surface area contributed by atoms with E-state index in [2.05, 4.69) is 13.8 Å². The molecule has 0 aromatic carbocycles. The lowest BCUT2D eigenvalue weighted by atomic mass is 9.74. The second-order valence-corrected chi connectivity index (χ2v) is 2.60. The quantitative estimate of drug-likeness (QED) is 0.440. The van der Waals surface area contributed by atoms with Crippen molar-refractivity contribution in [2.75, 3.05) is 0 Å². The van der Waals surface area contributed by atoms with Crippen molar-refractivity contribution in [1.29, 1.82) is 0 Å². The highest BCUT2D eigenvalue weighted by atomic mass is 14.3. The van der Waals surface area contributed by atoms with Gasteiger partial charge in [0, 0.05) is 5.92 Å². The Balaban J connectivity index is 2.16. The normalized spacial score (nSPS) is 40.1. The van der Waals surface area contributed by atoms with Crippen molar-refractivity contribution in [3.8, 4) is 0 Å². The minimum atomic E-state index is 0.972. The number of rotatable bonds is 1. The van der Waals surface area contributed by atoms with E-state index in [0.717, 1.165) is 18.3 Å². The van der Waals surface area contributed by atoms with E-state index in [9.17, 15) is 0 Å². The third kappa shape index (κ3) is 0.744. The fraction of sp³-hybridized carbons (Fsp3) is 0.857. The van der Waals surface area contributed by atoms with E-state index in [-0.39, 0.29) is 0 Å². The maximum atomic E-state index is 3.86. The zero-order valence-corrected chi connectivity index (χ0v) is 4.98. The Morgan fingerprint density at radius 2 is 2.29 bits per heavy atom. The van der Waals surface area contributed by atoms with Crippen molar-refractivity contribution >= 4 is 0 Å². The van der Waals surface area contributed by atoms with E-state index >= 15 is 0 Å². The van der Waals surface area contributed by atoms with Gasteiger partial charge in [0.25, 0.3) is 0 Å². The van der Waals surface area contributed by atoms with Crippen LogP contribution in [0.25, 0.3) is 0 Å². The molecule has 40 valence electrons. The predicted molar refractivity (Wildman–Crippen MR) is 31.9 cm³/mol. The lowest BCUT2D eigenvalue weighted by Gasteiger charge is -2.30. The second kappa shape index (κ2) is 1.77. The smallest absolute Gasteiger partial charge is 0.0621 e. The van der Waals surface area contributed by atoms with Crippen molar-refractivity contribution < 1.29 is 0 Å². The Kier molecular flexibility index (Phi) is 1.27. The van der Waals surface area contributed by atoms with Crippen molar-refractivity contribution in [3.63, 3.8) is 0 Å². The molecule has 0 aromatic rings. The first-order valence-corrected chi connectivity index (χ1v) is 3.14. The van der Waals surface area contributed by atoms with Crippen LogP contribution in [0.1, 0.15) is 26.2 Å². The Labute approximate surface area is 45.9 Å². The molecule has 1 rings (SSSR count). The van der Waals surface area contributed by atoms with Crippen molar-refractivity contribution in [2.24, 2.45) is 11.8 Å². The van der Waals surface area contributed by atoms with Crippen LogP contribution in [0, 0.1) is 18.8 Å². The summed E-state index contributed by atoms with van der Waals surface area (Å²) in [5.74, 6) is 1.96. The van der Waals surface area contributed by atoms with Crippen LogP contribution in [0.5, 0.6) is 0 Å². The van der Waals surface area contributed by atoms with Crippen LogP contribution in [0.15, 0.2) is 0 Å². The summed E-state index contributed by atoms with van der Waals surface area (Å²) in [6.07, 6.45) is 4.03. The first-order valence-electron chi connectivity index (χ1n) is 3.14. The van der Waals surface area contributed by atoms with Crippen LogP contribution >= 0.6 is 0 Å². The summed E-state index contributed by atoms with van der Waals surface area (Å²) in [7, 11) is 0. The molecule has 1 saturated carbocycles. The summed E-state index contributed by atoms with van der Waals surface area (Å²) in [6, 6.07) is 0. The first kappa shape index (κ1) is 5.02. The van der Waals surface area contributed by atoms with Crippen LogP contribution in [-0.2, 0) is 0 Å². The molecule has 0 aromatic heterocycles. The van der Waals surface area contributed by atoms with Gasteiger partial charge >= 0.3 is 0 Å². The summed E-state index contributed by atoms with van der Waals surface area (Å²) in [4.78, 5) is 0. The fourth-order valence-corrected chi connectivity index (χ4v) is 1.16. The topological polar surface area (TPSA) is 0 Å². The van der Waals surface area contributed by atoms with Gasteiger partial charge in [-0.1, -0.05) is 6.92 Å². The molecule has 1 aliphatic rings. The summed E-state index contributed by atoms with van der Waals surface area (Å²) < 4.78 is 0. The van der Waals surface area contributed by atoms with Crippen LogP contribution in [-0.4, -0.2) is 0 Å². The maximum absolute atomic E-state index is 3.86.